The Bertz CT molecular complexity index is 705. The lowest BCUT2D eigenvalue weighted by molar-refractivity contribution is -0.151. The van der Waals surface area contributed by atoms with E-state index in [0.29, 0.717) is 19.3 Å². The fraction of sp³-hybridized carbons (Fsp3) is 0.763. The minimum absolute atomic E-state index is 0.156. The molecule has 9 heteroatoms. The van der Waals surface area contributed by atoms with Gasteiger partial charge in [-0.1, -0.05) is 95.3 Å². The van der Waals surface area contributed by atoms with Crippen LogP contribution in [-0.4, -0.2) is 69.9 Å². The van der Waals surface area contributed by atoms with Gasteiger partial charge in [0.15, 0.2) is 0 Å². The van der Waals surface area contributed by atoms with Crippen LogP contribution in [0.4, 0.5) is 0 Å². The van der Waals surface area contributed by atoms with E-state index in [1.54, 1.807) is 0 Å². The number of aliphatic hydroxyl groups is 3. The summed E-state index contributed by atoms with van der Waals surface area (Å²) < 4.78 is 5.01. The monoisotopic (exact) mass is 671 g/mol. The van der Waals surface area contributed by atoms with Crippen LogP contribution in [0.15, 0.2) is 38.0 Å². The van der Waals surface area contributed by atoms with Gasteiger partial charge >= 0.3 is 17.9 Å². The van der Waals surface area contributed by atoms with Gasteiger partial charge in [-0.15, -0.1) is 19.7 Å². The van der Waals surface area contributed by atoms with E-state index in [2.05, 4.69) is 19.7 Å². The summed E-state index contributed by atoms with van der Waals surface area (Å²) in [6, 6.07) is 0. The van der Waals surface area contributed by atoms with Crippen molar-refractivity contribution in [1.82, 2.24) is 0 Å². The average molecular weight is 671 g/mol. The van der Waals surface area contributed by atoms with Crippen molar-refractivity contribution in [2.75, 3.05) is 26.4 Å². The summed E-state index contributed by atoms with van der Waals surface area (Å²) in [5.41, 5.74) is -1.14. The van der Waals surface area contributed by atoms with E-state index >= 15 is 0 Å². The quantitative estimate of drug-likeness (QED) is 0.0268. The lowest BCUT2D eigenvalue weighted by Crippen LogP contribution is -2.39. The Morgan fingerprint density at radius 1 is 0.468 bits per heavy atom. The molecule has 47 heavy (non-hydrogen) atoms. The van der Waals surface area contributed by atoms with Gasteiger partial charge in [-0.2, -0.15) is 0 Å². The molecular weight excluding hydrogens is 600 g/mol. The third-order valence-electron chi connectivity index (χ3n) is 7.68. The maximum absolute atomic E-state index is 11.5. The number of carboxylic acid groups (broad SMARTS) is 2. The molecule has 0 unspecified atom stereocenters. The van der Waals surface area contributed by atoms with Crippen LogP contribution in [0, 0.1) is 5.41 Å². The molecule has 0 aliphatic carbocycles. The molecule has 0 saturated carbocycles. The molecule has 0 aliphatic rings. The van der Waals surface area contributed by atoms with Gasteiger partial charge < -0.3 is 30.3 Å². The van der Waals surface area contributed by atoms with Crippen molar-refractivity contribution in [3.8, 4) is 0 Å². The number of unbranched alkanes of at least 4 members (excludes halogenated alkanes) is 18. The molecule has 0 bridgehead atoms. The number of rotatable bonds is 32. The lowest BCUT2D eigenvalue weighted by atomic mass is 9.93. The first-order chi connectivity index (χ1) is 22.7. The molecule has 0 aromatic rings. The molecule has 9 nitrogen and oxygen atoms in total. The molecule has 276 valence electrons. The molecule has 0 radical (unpaired) electrons. The van der Waals surface area contributed by atoms with E-state index in [-0.39, 0.29) is 12.6 Å². The van der Waals surface area contributed by atoms with Crippen molar-refractivity contribution >= 4 is 17.9 Å². The summed E-state index contributed by atoms with van der Waals surface area (Å²) in [4.78, 5) is 31.9. The summed E-state index contributed by atoms with van der Waals surface area (Å²) >= 11 is 0. The molecular formula is C38H70O9. The average Bonchev–Trinajstić information content (AvgIpc) is 3.06. The number of carbonyl (C=O) groups excluding carboxylic acids is 1. The minimum Gasteiger partial charge on any atom is -0.481 e. The number of allylic oxidation sites excluding steroid dienone is 3. The van der Waals surface area contributed by atoms with Crippen LogP contribution in [0.3, 0.4) is 0 Å². The minimum atomic E-state index is -1.14. The Labute approximate surface area is 286 Å². The van der Waals surface area contributed by atoms with Crippen molar-refractivity contribution in [2.45, 2.75) is 154 Å². The summed E-state index contributed by atoms with van der Waals surface area (Å²) in [6.07, 6.45) is 30.1. The lowest BCUT2D eigenvalue weighted by Gasteiger charge is -2.26. The van der Waals surface area contributed by atoms with Gasteiger partial charge in [0.05, 0.1) is 25.2 Å². The highest BCUT2D eigenvalue weighted by Crippen LogP contribution is 2.16. The number of aliphatic carboxylic acids is 2. The van der Waals surface area contributed by atoms with Crippen LogP contribution in [-0.2, 0) is 19.1 Å². The second-order valence-corrected chi connectivity index (χ2v) is 12.3. The fourth-order valence-corrected chi connectivity index (χ4v) is 4.40. The maximum Gasteiger partial charge on any atom is 0.305 e. The predicted molar refractivity (Wildman–Crippen MR) is 191 cm³/mol. The number of carbonyl (C=O) groups is 3. The summed E-state index contributed by atoms with van der Waals surface area (Å²) in [7, 11) is 0. The third kappa shape index (κ3) is 41.5. The highest BCUT2D eigenvalue weighted by Gasteiger charge is 2.30. The van der Waals surface area contributed by atoms with Crippen molar-refractivity contribution in [1.29, 1.82) is 0 Å². The van der Waals surface area contributed by atoms with E-state index in [1.165, 1.54) is 70.6 Å². The fourth-order valence-electron chi connectivity index (χ4n) is 4.40. The van der Waals surface area contributed by atoms with Gasteiger partial charge in [0, 0.05) is 19.3 Å². The SMILES string of the molecule is C=CCCCCCCCCC(=O)O.C=CCCCCCCCCC(=O)O.C=CCCCCCCCCC(=O)OCC(CO)(CO)CO. The van der Waals surface area contributed by atoms with Crippen LogP contribution >= 0.6 is 0 Å². The summed E-state index contributed by atoms with van der Waals surface area (Å²) in [6.45, 7) is 9.59. The molecule has 5 N–H and O–H groups in total. The van der Waals surface area contributed by atoms with Gasteiger partial charge in [0.1, 0.15) is 6.61 Å². The first-order valence-corrected chi connectivity index (χ1v) is 17.9. The molecule has 0 aliphatic heterocycles. The Morgan fingerprint density at radius 3 is 1.02 bits per heavy atom. The maximum atomic E-state index is 11.5. The van der Waals surface area contributed by atoms with Crippen LogP contribution in [0.2, 0.25) is 0 Å². The Balaban J connectivity index is -0.000000649. The number of carboxylic acids is 2. The van der Waals surface area contributed by atoms with E-state index in [0.717, 1.165) is 64.2 Å². The Morgan fingerprint density at radius 2 is 0.745 bits per heavy atom. The summed E-state index contributed by atoms with van der Waals surface area (Å²) in [5, 5.41) is 44.1. The van der Waals surface area contributed by atoms with Crippen LogP contribution in [0.1, 0.15) is 154 Å². The van der Waals surface area contributed by atoms with E-state index in [4.69, 9.17) is 30.3 Å². The van der Waals surface area contributed by atoms with Gasteiger partial charge in [-0.25, -0.2) is 0 Å². The summed E-state index contributed by atoms with van der Waals surface area (Å²) in [5.74, 6) is -1.69. The molecule has 0 rings (SSSR count). The normalized spacial score (nSPS) is 10.5. The van der Waals surface area contributed by atoms with E-state index in [9.17, 15) is 14.4 Å². The van der Waals surface area contributed by atoms with Crippen molar-refractivity contribution < 1.29 is 44.7 Å². The second-order valence-electron chi connectivity index (χ2n) is 12.3. The Kier molecular flexibility index (Phi) is 41.3. The molecule has 0 aromatic heterocycles. The van der Waals surface area contributed by atoms with Gasteiger partial charge in [0.25, 0.3) is 0 Å². The largest absolute Gasteiger partial charge is 0.481 e. The van der Waals surface area contributed by atoms with Crippen molar-refractivity contribution in [3.63, 3.8) is 0 Å². The van der Waals surface area contributed by atoms with Crippen molar-refractivity contribution in [3.05, 3.63) is 38.0 Å². The van der Waals surface area contributed by atoms with Crippen LogP contribution in [0.25, 0.3) is 0 Å². The molecule has 0 atom stereocenters. The molecule has 0 amide bonds. The van der Waals surface area contributed by atoms with Crippen molar-refractivity contribution in [2.24, 2.45) is 5.41 Å². The van der Waals surface area contributed by atoms with Crippen LogP contribution in [0.5, 0.6) is 0 Å². The zero-order chi connectivity index (χ0) is 35.9. The van der Waals surface area contributed by atoms with Gasteiger partial charge in [-0.3, -0.25) is 14.4 Å². The molecule has 0 aromatic carbocycles. The number of hydrogen-bond donors (Lipinski definition) is 5. The van der Waals surface area contributed by atoms with Gasteiger partial charge in [-0.05, 0) is 57.8 Å². The second kappa shape index (κ2) is 39.7. The standard InChI is InChI=1S/C16H30O5.2C11H20O2/c1-2-3-4-5-6-7-8-9-10-15(20)21-14-16(11-17,12-18)13-19;2*1-2-3-4-5-6-7-8-9-10-11(12)13/h2,17-19H,1,3-14H2;2*2H,1,3-10H2,(H,12,13). The smallest absolute Gasteiger partial charge is 0.305 e. The zero-order valence-electron chi connectivity index (χ0n) is 29.5. The molecule has 0 fully saturated rings. The van der Waals surface area contributed by atoms with E-state index < -0.39 is 37.2 Å². The highest BCUT2D eigenvalue weighted by atomic mass is 16.5. The first-order valence-electron chi connectivity index (χ1n) is 17.9. The van der Waals surface area contributed by atoms with Crippen LogP contribution < -0.4 is 0 Å². The van der Waals surface area contributed by atoms with E-state index in [1.807, 2.05) is 18.2 Å². The van der Waals surface area contributed by atoms with Gasteiger partial charge in [0.2, 0.25) is 0 Å². The predicted octanol–water partition coefficient (Wildman–Crippen LogP) is 8.56. The zero-order valence-corrected chi connectivity index (χ0v) is 29.5. The first kappa shape index (κ1) is 48.9. The Hall–Kier alpha value is -2.49. The molecule has 0 heterocycles. The number of esters is 1. The molecule has 0 saturated heterocycles. The number of ether oxygens (including phenoxy) is 1. The third-order valence-corrected chi connectivity index (χ3v) is 7.68. The number of aliphatic hydroxyl groups excluding tert-OH is 3. The molecule has 0 spiro atoms. The highest BCUT2D eigenvalue weighted by molar-refractivity contribution is 5.69. The topological polar surface area (TPSA) is 162 Å². The number of hydrogen-bond acceptors (Lipinski definition) is 7.